The molecule has 0 radical (unpaired) electrons. The minimum Gasteiger partial charge on any atom is -0.264 e. The molecule has 0 spiro atoms. The molecule has 4 nitrogen and oxygen atoms in total. The second-order valence-corrected chi connectivity index (χ2v) is 5.91. The molecule has 0 fully saturated rings. The van der Waals surface area contributed by atoms with E-state index in [9.17, 15) is 0 Å². The van der Waals surface area contributed by atoms with Gasteiger partial charge in [-0.3, -0.25) is 4.98 Å². The highest BCUT2D eigenvalue weighted by atomic mass is 32.1. The minimum absolute atomic E-state index is 0.638. The monoisotopic (exact) mass is 282 g/mol. The van der Waals surface area contributed by atoms with Gasteiger partial charge in [-0.15, -0.1) is 0 Å². The van der Waals surface area contributed by atoms with Crippen LogP contribution in [0.15, 0.2) is 36.8 Å². The summed E-state index contributed by atoms with van der Waals surface area (Å²) >= 11 is 1.49. The average Bonchev–Trinajstić information content (AvgIpc) is 3.12. The molecule has 0 N–H and O–H groups in total. The van der Waals surface area contributed by atoms with Gasteiger partial charge in [-0.1, -0.05) is 17.4 Å². The van der Waals surface area contributed by atoms with E-state index in [2.05, 4.69) is 14.5 Å². The zero-order valence-electron chi connectivity index (χ0n) is 13.4. The van der Waals surface area contributed by atoms with Crippen molar-refractivity contribution in [1.82, 2.24) is 14.5 Å². The maximum absolute atomic E-state index is 8.00. The van der Waals surface area contributed by atoms with Crippen molar-refractivity contribution >= 4 is 31.8 Å². The fourth-order valence-electron chi connectivity index (χ4n) is 2.98. The predicted octanol–water partition coefficient (Wildman–Crippen LogP) is 2.50. The van der Waals surface area contributed by atoms with Crippen LogP contribution in [0, 0.1) is 0 Å². The molecule has 4 aromatic heterocycles. The van der Waals surface area contributed by atoms with Crippen molar-refractivity contribution in [3.63, 3.8) is 0 Å². The Morgan fingerprint density at radius 1 is 1.40 bits per heavy atom. The summed E-state index contributed by atoms with van der Waals surface area (Å²) in [6, 6.07) is 5.81. The molecule has 4 aromatic rings. The van der Waals surface area contributed by atoms with E-state index in [-0.39, 0.29) is 0 Å². The first-order chi connectivity index (χ1) is 11.1. The lowest BCUT2D eigenvalue weighted by Crippen LogP contribution is -2.28. The summed E-state index contributed by atoms with van der Waals surface area (Å²) in [4.78, 5) is 9.39. The zero-order valence-corrected chi connectivity index (χ0v) is 11.2. The van der Waals surface area contributed by atoms with Gasteiger partial charge in [0.1, 0.15) is 6.54 Å². The van der Waals surface area contributed by atoms with Gasteiger partial charge in [0.05, 0.1) is 16.5 Å². The van der Waals surface area contributed by atoms with E-state index in [0.29, 0.717) is 12.4 Å². The number of aryl methyl sites for hydroxylation is 1. The molecule has 96 valence electrons. The molecule has 0 aromatic carbocycles. The van der Waals surface area contributed by atoms with Crippen LogP contribution in [0.4, 0.5) is 0 Å². The second-order valence-electron chi connectivity index (χ2n) is 4.88. The number of nitrogens with zero attached hydrogens (tertiary/aromatic N) is 4. The molecule has 0 saturated carbocycles. The van der Waals surface area contributed by atoms with E-state index in [1.165, 1.54) is 15.9 Å². The molecule has 1 aliphatic rings. The number of rotatable bonds is 0. The van der Waals surface area contributed by atoms with Crippen LogP contribution in [0.1, 0.15) is 9.68 Å². The topological polar surface area (TPSA) is 34.6 Å². The third-order valence-corrected chi connectivity index (χ3v) is 4.96. The standard InChI is InChI=1S/C15H11N4S/c1-18-14-12-9(3-2-5-17-12)8-19(14)13-10-7-16-6-4-11(10)20-15(13)18/h2-7H,8H2,1H3/q+1/i1D3. The highest BCUT2D eigenvalue weighted by Gasteiger charge is 2.35. The summed E-state index contributed by atoms with van der Waals surface area (Å²) < 4.78 is 28.6. The van der Waals surface area contributed by atoms with Gasteiger partial charge in [-0.25, -0.2) is 14.1 Å². The minimum atomic E-state index is -2.26. The van der Waals surface area contributed by atoms with E-state index in [1.807, 2.05) is 24.4 Å². The zero-order chi connectivity index (χ0) is 15.8. The fraction of sp³-hybridized carbons (Fsp3) is 0.133. The van der Waals surface area contributed by atoms with Crippen LogP contribution in [0.5, 0.6) is 0 Å². The van der Waals surface area contributed by atoms with Crippen molar-refractivity contribution in [2.45, 2.75) is 6.54 Å². The largest absolute Gasteiger partial charge is 0.309 e. The predicted molar refractivity (Wildman–Crippen MR) is 78.6 cm³/mol. The van der Waals surface area contributed by atoms with Crippen molar-refractivity contribution in [1.29, 1.82) is 0 Å². The highest BCUT2D eigenvalue weighted by molar-refractivity contribution is 7.25. The smallest absolute Gasteiger partial charge is 0.264 e. The van der Waals surface area contributed by atoms with Crippen LogP contribution in [0.25, 0.3) is 32.0 Å². The van der Waals surface area contributed by atoms with Crippen molar-refractivity contribution in [2.75, 3.05) is 0 Å². The number of imidazole rings is 1. The lowest BCUT2D eigenvalue weighted by Gasteiger charge is -1.93. The molecule has 0 saturated heterocycles. The van der Waals surface area contributed by atoms with Gasteiger partial charge < -0.3 is 0 Å². The number of hydrogen-bond donors (Lipinski definition) is 0. The Hall–Kier alpha value is -2.27. The van der Waals surface area contributed by atoms with Crippen LogP contribution in [0.3, 0.4) is 0 Å². The fourth-order valence-corrected chi connectivity index (χ4v) is 4.07. The Morgan fingerprint density at radius 2 is 2.40 bits per heavy atom. The first kappa shape index (κ1) is 8.11. The average molecular weight is 282 g/mol. The molecule has 0 atom stereocenters. The van der Waals surface area contributed by atoms with Crippen molar-refractivity contribution in [3.8, 4) is 11.5 Å². The van der Waals surface area contributed by atoms with Gasteiger partial charge in [0.2, 0.25) is 4.83 Å². The summed E-state index contributed by atoms with van der Waals surface area (Å²) in [6.07, 6.45) is 5.25. The van der Waals surface area contributed by atoms with E-state index < -0.39 is 6.98 Å². The van der Waals surface area contributed by atoms with Gasteiger partial charge in [0, 0.05) is 28.9 Å². The van der Waals surface area contributed by atoms with E-state index in [1.54, 1.807) is 12.4 Å². The summed E-state index contributed by atoms with van der Waals surface area (Å²) in [5, 5.41) is 0.990. The van der Waals surface area contributed by atoms with Crippen LogP contribution >= 0.6 is 11.3 Å². The highest BCUT2D eigenvalue weighted by Crippen LogP contribution is 2.38. The molecule has 0 amide bonds. The molecule has 5 heteroatoms. The molecular weight excluding hydrogens is 268 g/mol. The molecule has 0 unspecified atom stereocenters. The molecule has 5 rings (SSSR count). The Balaban J connectivity index is 2.01. The molecule has 5 heterocycles. The number of fused-ring (bicyclic) bond motifs is 7. The summed E-state index contributed by atoms with van der Waals surface area (Å²) in [6.45, 7) is -1.62. The summed E-state index contributed by atoms with van der Waals surface area (Å²) in [5.74, 6) is 0.660. The van der Waals surface area contributed by atoms with Crippen LogP contribution < -0.4 is 4.57 Å². The Bertz CT molecular complexity index is 1090. The van der Waals surface area contributed by atoms with Crippen molar-refractivity contribution in [2.24, 2.45) is 6.98 Å². The first-order valence-electron chi connectivity index (χ1n) is 7.81. The second kappa shape index (κ2) is 3.43. The summed E-state index contributed by atoms with van der Waals surface area (Å²) in [7, 11) is 0. The Kier molecular flexibility index (Phi) is 1.39. The van der Waals surface area contributed by atoms with Gasteiger partial charge >= 0.3 is 5.82 Å². The molecule has 20 heavy (non-hydrogen) atoms. The van der Waals surface area contributed by atoms with Gasteiger partial charge in [-0.05, 0) is 12.1 Å². The normalized spacial score (nSPS) is 15.9. The number of hydrogen-bond acceptors (Lipinski definition) is 3. The molecular formula is C15H11N4S+. The van der Waals surface area contributed by atoms with Crippen molar-refractivity contribution < 1.29 is 8.68 Å². The number of aromatic nitrogens is 4. The van der Waals surface area contributed by atoms with Crippen LogP contribution in [0.2, 0.25) is 0 Å². The van der Waals surface area contributed by atoms with Gasteiger partial charge in [0.15, 0.2) is 11.2 Å². The van der Waals surface area contributed by atoms with E-state index >= 15 is 0 Å². The first-order valence-corrected chi connectivity index (χ1v) is 7.13. The molecule has 0 aliphatic carbocycles. The van der Waals surface area contributed by atoms with Gasteiger partial charge in [0.25, 0.3) is 0 Å². The molecule has 0 bridgehead atoms. The lowest BCUT2D eigenvalue weighted by atomic mass is 10.2. The van der Waals surface area contributed by atoms with E-state index in [0.717, 1.165) is 31.7 Å². The van der Waals surface area contributed by atoms with E-state index in [4.69, 9.17) is 4.11 Å². The number of pyridine rings is 2. The number of thiophene rings is 1. The SMILES string of the molecule is [2H]C([2H])([2H])[n+]1c2n(c3c4cnccc4sc31)Cc1cccnc1-2. The van der Waals surface area contributed by atoms with Crippen LogP contribution in [-0.4, -0.2) is 14.5 Å². The van der Waals surface area contributed by atoms with Gasteiger partial charge in [-0.2, -0.15) is 0 Å². The Labute approximate surface area is 123 Å². The third-order valence-electron chi connectivity index (χ3n) is 3.82. The Morgan fingerprint density at radius 3 is 3.35 bits per heavy atom. The van der Waals surface area contributed by atoms with Crippen molar-refractivity contribution in [3.05, 3.63) is 42.4 Å². The molecule has 1 aliphatic heterocycles. The third kappa shape index (κ3) is 1.10. The maximum atomic E-state index is 8.00. The maximum Gasteiger partial charge on any atom is 0.309 e. The summed E-state index contributed by atoms with van der Waals surface area (Å²) in [5.41, 5.74) is 2.73. The van der Waals surface area contributed by atoms with Crippen LogP contribution in [-0.2, 0) is 13.5 Å². The quantitative estimate of drug-likeness (QED) is 0.409. The lowest BCUT2D eigenvalue weighted by molar-refractivity contribution is -0.631.